The predicted octanol–water partition coefficient (Wildman–Crippen LogP) is 2.67. The van der Waals surface area contributed by atoms with E-state index < -0.39 is 24.3 Å². The zero-order chi connectivity index (χ0) is 18.1. The summed E-state index contributed by atoms with van der Waals surface area (Å²) in [5.74, 6) is -1.12. The third kappa shape index (κ3) is 3.80. The number of hydrogen-bond acceptors (Lipinski definition) is 5. The lowest BCUT2D eigenvalue weighted by atomic mass is 9.77. The van der Waals surface area contributed by atoms with Gasteiger partial charge in [-0.1, -0.05) is 17.7 Å². The van der Waals surface area contributed by atoms with Crippen molar-refractivity contribution in [2.45, 2.75) is 38.9 Å². The minimum atomic E-state index is -1.12. The average Bonchev–Trinajstić information content (AvgIpc) is 2.68. The van der Waals surface area contributed by atoms with Gasteiger partial charge in [0.2, 0.25) is 0 Å². The highest BCUT2D eigenvalue weighted by Crippen LogP contribution is 2.38. The largest absolute Gasteiger partial charge is 0.491 e. The van der Waals surface area contributed by atoms with E-state index in [9.17, 15) is 4.79 Å². The Bertz CT molecular complexity index is 660. The molecule has 2 rings (SSSR count). The summed E-state index contributed by atoms with van der Waals surface area (Å²) < 4.78 is 12.1. The maximum Gasteiger partial charge on any atom is 0.491 e. The molecule has 0 saturated carbocycles. The molecule has 1 aromatic rings. The van der Waals surface area contributed by atoms with Crippen molar-refractivity contribution < 1.29 is 19.2 Å². The first-order valence-electron chi connectivity index (χ1n) is 7.67. The molecule has 1 aliphatic heterocycles. The second-order valence-corrected chi connectivity index (χ2v) is 7.11. The molecule has 2 N–H and O–H groups in total. The fourth-order valence-corrected chi connectivity index (χ4v) is 2.49. The Morgan fingerprint density at radius 1 is 1.38 bits per heavy atom. The number of hydrogen-bond donors (Lipinski definition) is 2. The number of likely N-dealkylation sites (N-methyl/N-ethyl adjacent to an activating group) is 1. The van der Waals surface area contributed by atoms with Crippen molar-refractivity contribution in [2.24, 2.45) is 0 Å². The molecule has 1 aliphatic rings. The molecule has 0 unspecified atom stereocenters. The van der Waals surface area contributed by atoms with Crippen LogP contribution < -0.4 is 5.32 Å². The van der Waals surface area contributed by atoms with Gasteiger partial charge in [0, 0.05) is 12.7 Å². The number of rotatable bonds is 5. The number of carboxylic acid groups (broad SMARTS) is 1. The maximum atomic E-state index is 11.2. The van der Waals surface area contributed by atoms with E-state index in [1.165, 1.54) is 12.3 Å². The highest BCUT2D eigenvalue weighted by Gasteiger charge is 2.52. The lowest BCUT2D eigenvalue weighted by molar-refractivity contribution is 0.00578. The molecule has 0 atom stereocenters. The maximum absolute atomic E-state index is 11.2. The lowest BCUT2D eigenvalue weighted by Crippen LogP contribution is -2.41. The molecule has 1 aromatic heterocycles. The third-order valence-electron chi connectivity index (χ3n) is 4.38. The first-order valence-corrected chi connectivity index (χ1v) is 8.05. The standard InChI is InChI=1S/C16H22BClN2O4/c1-15(2)16(3,4)24-17(23-15)11(9-19-5)6-10-7-12(14(21)22)13(18)20-8-10/h6-8,19H,9H2,1-5H3,(H,21,22). The van der Waals surface area contributed by atoms with Crippen molar-refractivity contribution >= 4 is 30.8 Å². The van der Waals surface area contributed by atoms with Gasteiger partial charge in [0.25, 0.3) is 0 Å². The molecule has 0 amide bonds. The zero-order valence-corrected chi connectivity index (χ0v) is 15.3. The molecule has 1 fully saturated rings. The Hall–Kier alpha value is -1.41. The zero-order valence-electron chi connectivity index (χ0n) is 14.5. The van der Waals surface area contributed by atoms with Gasteiger partial charge in [-0.25, -0.2) is 9.78 Å². The summed E-state index contributed by atoms with van der Waals surface area (Å²) in [5.41, 5.74) is 0.528. The molecular formula is C16H22BClN2O4. The average molecular weight is 353 g/mol. The molecule has 0 aliphatic carbocycles. The minimum absolute atomic E-state index is 0.0366. The normalized spacial score (nSPS) is 19.6. The monoisotopic (exact) mass is 352 g/mol. The first kappa shape index (κ1) is 18.9. The van der Waals surface area contributed by atoms with Gasteiger partial charge >= 0.3 is 13.1 Å². The van der Waals surface area contributed by atoms with E-state index in [1.54, 1.807) is 0 Å². The molecule has 0 radical (unpaired) electrons. The van der Waals surface area contributed by atoms with Gasteiger partial charge in [-0.2, -0.15) is 0 Å². The van der Waals surface area contributed by atoms with E-state index in [2.05, 4.69) is 10.3 Å². The number of carbonyl (C=O) groups is 1. The Labute approximate surface area is 147 Å². The van der Waals surface area contributed by atoms with Gasteiger partial charge in [0.1, 0.15) is 5.15 Å². The summed E-state index contributed by atoms with van der Waals surface area (Å²) in [5, 5.41) is 12.2. The third-order valence-corrected chi connectivity index (χ3v) is 4.68. The Morgan fingerprint density at radius 2 is 1.96 bits per heavy atom. The SMILES string of the molecule is CNCC(=Cc1cnc(Cl)c(C(=O)O)c1)B1OC(C)(C)C(C)(C)O1. The van der Waals surface area contributed by atoms with Crippen LogP contribution in [0.4, 0.5) is 0 Å². The summed E-state index contributed by atoms with van der Waals surface area (Å²) >= 11 is 5.82. The van der Waals surface area contributed by atoms with Crippen LogP contribution in [0.5, 0.6) is 0 Å². The number of aromatic carboxylic acids is 1. The second kappa shape index (κ2) is 6.84. The summed E-state index contributed by atoms with van der Waals surface area (Å²) in [4.78, 5) is 15.1. The molecular weight excluding hydrogens is 330 g/mol. The minimum Gasteiger partial charge on any atom is -0.478 e. The fraction of sp³-hybridized carbons (Fsp3) is 0.500. The van der Waals surface area contributed by atoms with E-state index in [4.69, 9.17) is 26.0 Å². The van der Waals surface area contributed by atoms with E-state index in [1.807, 2.05) is 40.8 Å². The molecule has 130 valence electrons. The lowest BCUT2D eigenvalue weighted by Gasteiger charge is -2.32. The van der Waals surface area contributed by atoms with Crippen molar-refractivity contribution in [1.82, 2.24) is 10.3 Å². The van der Waals surface area contributed by atoms with Crippen molar-refractivity contribution in [3.8, 4) is 0 Å². The van der Waals surface area contributed by atoms with Crippen molar-refractivity contribution in [3.05, 3.63) is 34.0 Å². The van der Waals surface area contributed by atoms with E-state index >= 15 is 0 Å². The molecule has 24 heavy (non-hydrogen) atoms. The highest BCUT2D eigenvalue weighted by molar-refractivity contribution is 6.56. The Morgan fingerprint density at radius 3 is 2.46 bits per heavy atom. The smallest absolute Gasteiger partial charge is 0.478 e. The van der Waals surface area contributed by atoms with Gasteiger partial charge < -0.3 is 19.7 Å². The van der Waals surface area contributed by atoms with Crippen LogP contribution >= 0.6 is 11.6 Å². The topological polar surface area (TPSA) is 80.7 Å². The molecule has 1 saturated heterocycles. The van der Waals surface area contributed by atoms with Crippen LogP contribution in [-0.4, -0.2) is 48.0 Å². The van der Waals surface area contributed by atoms with Crippen LogP contribution in [0, 0.1) is 0 Å². The summed E-state index contributed by atoms with van der Waals surface area (Å²) in [6.07, 6.45) is 3.34. The Kier molecular flexibility index (Phi) is 5.39. The quantitative estimate of drug-likeness (QED) is 0.626. The number of nitrogens with one attached hydrogen (secondary N) is 1. The van der Waals surface area contributed by atoms with Crippen LogP contribution in [0.15, 0.2) is 17.7 Å². The fourth-order valence-electron chi connectivity index (χ4n) is 2.31. The number of nitrogens with zero attached hydrogens (tertiary/aromatic N) is 1. The van der Waals surface area contributed by atoms with Crippen LogP contribution in [0.25, 0.3) is 6.08 Å². The van der Waals surface area contributed by atoms with Gasteiger partial charge in [-0.3, -0.25) is 0 Å². The molecule has 0 spiro atoms. The Balaban J connectivity index is 2.37. The van der Waals surface area contributed by atoms with Crippen LogP contribution in [0.2, 0.25) is 5.15 Å². The number of carboxylic acids is 1. The van der Waals surface area contributed by atoms with Crippen LogP contribution in [-0.2, 0) is 9.31 Å². The number of aromatic nitrogens is 1. The van der Waals surface area contributed by atoms with Crippen molar-refractivity contribution in [2.75, 3.05) is 13.6 Å². The van der Waals surface area contributed by atoms with Crippen LogP contribution in [0.3, 0.4) is 0 Å². The van der Waals surface area contributed by atoms with Gasteiger partial charge in [0.05, 0.1) is 16.8 Å². The summed E-state index contributed by atoms with van der Waals surface area (Å²) in [7, 11) is 1.30. The van der Waals surface area contributed by atoms with Crippen molar-refractivity contribution in [1.29, 1.82) is 0 Å². The van der Waals surface area contributed by atoms with Gasteiger partial charge in [0.15, 0.2) is 0 Å². The molecule has 6 nitrogen and oxygen atoms in total. The van der Waals surface area contributed by atoms with Gasteiger partial charge in [-0.15, -0.1) is 0 Å². The highest BCUT2D eigenvalue weighted by atomic mass is 35.5. The number of halogens is 1. The van der Waals surface area contributed by atoms with E-state index in [0.717, 1.165) is 5.47 Å². The molecule has 2 heterocycles. The molecule has 0 bridgehead atoms. The predicted molar refractivity (Wildman–Crippen MR) is 94.2 cm³/mol. The van der Waals surface area contributed by atoms with Crippen molar-refractivity contribution in [3.63, 3.8) is 0 Å². The summed E-state index contributed by atoms with van der Waals surface area (Å²) in [6, 6.07) is 1.48. The van der Waals surface area contributed by atoms with Gasteiger partial charge in [-0.05, 0) is 51.8 Å². The van der Waals surface area contributed by atoms with Crippen LogP contribution in [0.1, 0.15) is 43.6 Å². The van der Waals surface area contributed by atoms with E-state index in [0.29, 0.717) is 12.1 Å². The van der Waals surface area contributed by atoms with E-state index in [-0.39, 0.29) is 10.7 Å². The first-order chi connectivity index (χ1) is 11.1. The molecule has 8 heteroatoms. The summed E-state index contributed by atoms with van der Waals surface area (Å²) in [6.45, 7) is 8.46. The second-order valence-electron chi connectivity index (χ2n) is 6.75. The number of pyridine rings is 1. The molecule has 0 aromatic carbocycles.